The summed E-state index contributed by atoms with van der Waals surface area (Å²) >= 11 is 0. The van der Waals surface area contributed by atoms with E-state index in [0.29, 0.717) is 5.56 Å². The molecule has 0 aliphatic heterocycles. The van der Waals surface area contributed by atoms with Gasteiger partial charge in [-0.3, -0.25) is 4.79 Å². The van der Waals surface area contributed by atoms with E-state index in [1.54, 1.807) is 6.07 Å². The van der Waals surface area contributed by atoms with Crippen molar-refractivity contribution in [2.45, 2.75) is 6.42 Å². The van der Waals surface area contributed by atoms with E-state index in [4.69, 9.17) is 0 Å². The summed E-state index contributed by atoms with van der Waals surface area (Å²) < 4.78 is 0. The summed E-state index contributed by atoms with van der Waals surface area (Å²) in [5, 5.41) is 0. The van der Waals surface area contributed by atoms with Crippen molar-refractivity contribution in [1.29, 1.82) is 0 Å². The molecule has 1 aromatic carbocycles. The third-order valence-electron chi connectivity index (χ3n) is 1.90. The first-order chi connectivity index (χ1) is 5.40. The number of hydrogen-bond donors (Lipinski definition) is 0. The lowest BCUT2D eigenvalue weighted by molar-refractivity contribution is 0.563. The van der Waals surface area contributed by atoms with Gasteiger partial charge in [0.05, 0.1) is 0 Å². The van der Waals surface area contributed by atoms with Gasteiger partial charge in [-0.1, -0.05) is 24.3 Å². The van der Waals surface area contributed by atoms with Crippen LogP contribution in [0.15, 0.2) is 24.3 Å². The fraction of sp³-hybridized carbons (Fsp3) is 0.100. The molecule has 1 radical (unpaired) electrons. The lowest BCUT2D eigenvalue weighted by Gasteiger charge is -1.96. The highest BCUT2D eigenvalue weighted by molar-refractivity contribution is 5.78. The first kappa shape index (κ1) is 6.35. The zero-order valence-electron chi connectivity index (χ0n) is 6.00. The highest BCUT2D eigenvalue weighted by atomic mass is 16.1. The second-order valence-corrected chi connectivity index (χ2v) is 2.62. The van der Waals surface area contributed by atoms with Crippen molar-refractivity contribution in [1.82, 2.24) is 0 Å². The molecule has 2 rings (SSSR count). The molecule has 1 aliphatic rings. The zero-order valence-corrected chi connectivity index (χ0v) is 6.00. The third-order valence-corrected chi connectivity index (χ3v) is 1.90. The molecule has 1 heteroatoms. The lowest BCUT2D eigenvalue weighted by Crippen LogP contribution is -1.85. The molecule has 1 aliphatic carbocycles. The van der Waals surface area contributed by atoms with E-state index in [1.807, 2.05) is 24.5 Å². The van der Waals surface area contributed by atoms with Crippen molar-refractivity contribution in [2.75, 3.05) is 0 Å². The lowest BCUT2D eigenvalue weighted by atomic mass is 10.1. The van der Waals surface area contributed by atoms with Crippen LogP contribution in [0.5, 0.6) is 0 Å². The highest BCUT2D eigenvalue weighted by Gasteiger charge is 2.04. The molecule has 0 fully saturated rings. The normalized spacial score (nSPS) is 13.1. The smallest absolute Gasteiger partial charge is 0.233 e. The second kappa shape index (κ2) is 2.35. The Morgan fingerprint density at radius 3 is 3.09 bits per heavy atom. The first-order valence-corrected chi connectivity index (χ1v) is 3.58. The molecule has 0 spiro atoms. The average molecular weight is 143 g/mol. The minimum Gasteiger partial charge on any atom is -0.285 e. The molecule has 0 unspecified atom stereocenters. The van der Waals surface area contributed by atoms with Gasteiger partial charge in [0.25, 0.3) is 0 Å². The summed E-state index contributed by atoms with van der Waals surface area (Å²) in [6.07, 6.45) is 7.00. The van der Waals surface area contributed by atoms with E-state index in [0.717, 1.165) is 12.0 Å². The number of carbonyl (C=O) groups excluding carboxylic acids is 1. The molecule has 0 aromatic heterocycles. The molecule has 0 amide bonds. The second-order valence-electron chi connectivity index (χ2n) is 2.62. The van der Waals surface area contributed by atoms with E-state index in [1.165, 1.54) is 5.56 Å². The van der Waals surface area contributed by atoms with Crippen LogP contribution in [0.3, 0.4) is 0 Å². The van der Waals surface area contributed by atoms with Gasteiger partial charge in [-0.25, -0.2) is 0 Å². The standard InChI is InChI=1S/C10H7O/c11-7-8-4-5-9-2-1-3-10(9)6-8/h1,3-6H,2H2. The van der Waals surface area contributed by atoms with Gasteiger partial charge in [0.15, 0.2) is 0 Å². The van der Waals surface area contributed by atoms with Crippen LogP contribution in [0.1, 0.15) is 16.7 Å². The number of allylic oxidation sites excluding steroid dienone is 1. The minimum absolute atomic E-state index is 0.635. The summed E-state index contributed by atoms with van der Waals surface area (Å²) in [5.74, 6) is 0. The summed E-state index contributed by atoms with van der Waals surface area (Å²) in [7, 11) is 0. The molecule has 0 saturated carbocycles. The number of fused-ring (bicyclic) bond motifs is 1. The van der Waals surface area contributed by atoms with Crippen LogP contribution in [0, 0.1) is 0 Å². The fourth-order valence-corrected chi connectivity index (χ4v) is 1.31. The monoisotopic (exact) mass is 143 g/mol. The Labute approximate surface area is 65.4 Å². The molecule has 11 heavy (non-hydrogen) atoms. The SMILES string of the molecule is O=[C]c1ccc2c(c1)C=CC2. The quantitative estimate of drug-likeness (QED) is 0.585. The van der Waals surface area contributed by atoms with Crippen LogP contribution in [0.25, 0.3) is 6.08 Å². The average Bonchev–Trinajstić information content (AvgIpc) is 2.50. The molecule has 1 aromatic rings. The summed E-state index contributed by atoms with van der Waals surface area (Å²) in [5.41, 5.74) is 3.09. The number of rotatable bonds is 1. The van der Waals surface area contributed by atoms with E-state index < -0.39 is 0 Å². The van der Waals surface area contributed by atoms with Crippen LogP contribution in [-0.2, 0) is 11.2 Å². The summed E-state index contributed by atoms with van der Waals surface area (Å²) in [4.78, 5) is 10.3. The maximum Gasteiger partial charge on any atom is 0.233 e. The van der Waals surface area contributed by atoms with Crippen LogP contribution in [0.2, 0.25) is 0 Å². The van der Waals surface area contributed by atoms with Gasteiger partial charge in [-0.2, -0.15) is 0 Å². The molecular weight excluding hydrogens is 136 g/mol. The molecule has 0 N–H and O–H groups in total. The van der Waals surface area contributed by atoms with Crippen LogP contribution >= 0.6 is 0 Å². The van der Waals surface area contributed by atoms with Gasteiger partial charge in [-0.05, 0) is 23.6 Å². The van der Waals surface area contributed by atoms with Gasteiger partial charge >= 0.3 is 0 Å². The predicted octanol–water partition coefficient (Wildman–Crippen LogP) is 1.71. The third kappa shape index (κ3) is 0.984. The molecule has 1 nitrogen and oxygen atoms in total. The van der Waals surface area contributed by atoms with Gasteiger partial charge in [0, 0.05) is 5.56 Å². The van der Waals surface area contributed by atoms with Gasteiger partial charge in [0.1, 0.15) is 0 Å². The first-order valence-electron chi connectivity index (χ1n) is 3.58. The van der Waals surface area contributed by atoms with Crippen molar-refractivity contribution >= 4 is 12.4 Å². The predicted molar refractivity (Wildman–Crippen MR) is 44.0 cm³/mol. The van der Waals surface area contributed by atoms with Gasteiger partial charge < -0.3 is 0 Å². The molecular formula is C10H7O. The Hall–Kier alpha value is -1.37. The number of hydrogen-bond acceptors (Lipinski definition) is 1. The Kier molecular flexibility index (Phi) is 1.35. The van der Waals surface area contributed by atoms with Gasteiger partial charge in [0.2, 0.25) is 6.29 Å². The largest absolute Gasteiger partial charge is 0.285 e. The Bertz CT molecular complexity index is 324. The zero-order chi connectivity index (χ0) is 7.68. The molecule has 0 heterocycles. The Morgan fingerprint density at radius 1 is 1.36 bits per heavy atom. The Morgan fingerprint density at radius 2 is 2.27 bits per heavy atom. The molecule has 0 bridgehead atoms. The number of benzene rings is 1. The van der Waals surface area contributed by atoms with Crippen LogP contribution < -0.4 is 0 Å². The van der Waals surface area contributed by atoms with E-state index in [-0.39, 0.29) is 0 Å². The molecule has 53 valence electrons. The highest BCUT2D eigenvalue weighted by Crippen LogP contribution is 2.19. The fourth-order valence-electron chi connectivity index (χ4n) is 1.31. The van der Waals surface area contributed by atoms with Crippen molar-refractivity contribution in [3.8, 4) is 0 Å². The summed E-state index contributed by atoms with van der Waals surface area (Å²) in [6.45, 7) is 0. The van der Waals surface area contributed by atoms with Crippen molar-refractivity contribution in [3.05, 3.63) is 41.0 Å². The molecule has 0 saturated heterocycles. The summed E-state index contributed by atoms with van der Waals surface area (Å²) in [6, 6.07) is 5.65. The topological polar surface area (TPSA) is 17.1 Å². The van der Waals surface area contributed by atoms with E-state index >= 15 is 0 Å². The maximum absolute atomic E-state index is 10.3. The van der Waals surface area contributed by atoms with Gasteiger partial charge in [-0.15, -0.1) is 0 Å². The molecule has 0 atom stereocenters. The van der Waals surface area contributed by atoms with Crippen LogP contribution in [-0.4, -0.2) is 6.29 Å². The van der Waals surface area contributed by atoms with Crippen molar-refractivity contribution in [3.63, 3.8) is 0 Å². The Balaban J connectivity index is 2.55. The van der Waals surface area contributed by atoms with Crippen LogP contribution in [0.4, 0.5) is 0 Å². The van der Waals surface area contributed by atoms with E-state index in [9.17, 15) is 4.79 Å². The van der Waals surface area contributed by atoms with Crippen molar-refractivity contribution in [2.24, 2.45) is 0 Å². The minimum atomic E-state index is 0.635. The van der Waals surface area contributed by atoms with Crippen molar-refractivity contribution < 1.29 is 4.79 Å². The maximum atomic E-state index is 10.3. The van der Waals surface area contributed by atoms with E-state index in [2.05, 4.69) is 6.08 Å².